The summed E-state index contributed by atoms with van der Waals surface area (Å²) in [4.78, 5) is 23.5. The maximum Gasteiger partial charge on any atom is 0.277 e. The van der Waals surface area contributed by atoms with E-state index in [2.05, 4.69) is 15.3 Å². The van der Waals surface area contributed by atoms with Crippen molar-refractivity contribution in [1.29, 1.82) is 0 Å². The van der Waals surface area contributed by atoms with Crippen molar-refractivity contribution in [2.45, 2.75) is 19.4 Å². The monoisotopic (exact) mass is 398 g/mol. The molecule has 1 amide bonds. The molecule has 1 N–H and O–H groups in total. The molecular formula is C20H16Cl2N4O. The second-order valence-corrected chi connectivity index (χ2v) is 7.13. The van der Waals surface area contributed by atoms with Gasteiger partial charge in [0.1, 0.15) is 5.69 Å². The van der Waals surface area contributed by atoms with Crippen LogP contribution in [0.4, 0.5) is 17.3 Å². The Hall–Kier alpha value is -2.63. The number of hydrogen-bond acceptors (Lipinski definition) is 4. The molecule has 0 saturated heterocycles. The smallest absolute Gasteiger partial charge is 0.277 e. The summed E-state index contributed by atoms with van der Waals surface area (Å²) >= 11 is 12.2. The molecule has 7 heteroatoms. The van der Waals surface area contributed by atoms with E-state index in [0.29, 0.717) is 21.4 Å². The molecule has 4 rings (SSSR count). The van der Waals surface area contributed by atoms with Gasteiger partial charge in [-0.3, -0.25) is 4.79 Å². The van der Waals surface area contributed by atoms with Gasteiger partial charge in [-0.05, 0) is 43.2 Å². The molecule has 2 heterocycles. The van der Waals surface area contributed by atoms with Crippen LogP contribution in [-0.2, 0) is 6.42 Å². The zero-order valence-corrected chi connectivity index (χ0v) is 16.0. The summed E-state index contributed by atoms with van der Waals surface area (Å²) < 4.78 is 0. The number of benzene rings is 2. The minimum absolute atomic E-state index is 0.0728. The minimum atomic E-state index is -0.157. The van der Waals surface area contributed by atoms with E-state index in [0.717, 1.165) is 17.7 Å². The van der Waals surface area contributed by atoms with Crippen molar-refractivity contribution in [3.05, 3.63) is 76.0 Å². The zero-order chi connectivity index (χ0) is 19.0. The van der Waals surface area contributed by atoms with E-state index >= 15 is 0 Å². The Morgan fingerprint density at radius 3 is 2.81 bits per heavy atom. The largest absolute Gasteiger partial charge is 0.323 e. The van der Waals surface area contributed by atoms with Gasteiger partial charge in [-0.25, -0.2) is 9.97 Å². The lowest BCUT2D eigenvalue weighted by Crippen LogP contribution is -2.36. The van der Waals surface area contributed by atoms with E-state index in [1.807, 2.05) is 31.2 Å². The topological polar surface area (TPSA) is 58.1 Å². The number of anilines is 3. The second kappa shape index (κ2) is 7.18. The number of aromatic nitrogens is 2. The SMILES string of the molecule is CC1Cc2ccccc2N1C(=O)c1ccnc(Nc2cccc(Cl)c2Cl)n1. The third-order valence-corrected chi connectivity index (χ3v) is 5.32. The first-order valence-corrected chi connectivity index (χ1v) is 9.25. The number of fused-ring (bicyclic) bond motifs is 1. The number of hydrogen-bond donors (Lipinski definition) is 1. The van der Waals surface area contributed by atoms with E-state index in [1.165, 1.54) is 0 Å². The van der Waals surface area contributed by atoms with E-state index in [-0.39, 0.29) is 17.9 Å². The van der Waals surface area contributed by atoms with Gasteiger partial charge >= 0.3 is 0 Å². The van der Waals surface area contributed by atoms with Gasteiger partial charge < -0.3 is 10.2 Å². The van der Waals surface area contributed by atoms with Crippen molar-refractivity contribution in [1.82, 2.24) is 9.97 Å². The van der Waals surface area contributed by atoms with Gasteiger partial charge in [-0.2, -0.15) is 0 Å². The summed E-state index contributed by atoms with van der Waals surface area (Å²) in [6.07, 6.45) is 2.38. The van der Waals surface area contributed by atoms with Gasteiger partial charge in [0.25, 0.3) is 5.91 Å². The molecule has 27 heavy (non-hydrogen) atoms. The van der Waals surface area contributed by atoms with Gasteiger partial charge in [-0.1, -0.05) is 47.5 Å². The van der Waals surface area contributed by atoms with Gasteiger partial charge in [0.05, 0.1) is 15.7 Å². The average molecular weight is 399 g/mol. The number of nitrogens with zero attached hydrogens (tertiary/aromatic N) is 3. The standard InChI is InChI=1S/C20H16Cl2N4O/c1-12-11-13-5-2-3-8-17(13)26(12)19(27)16-9-10-23-20(25-16)24-15-7-4-6-14(21)18(15)22/h2-10,12H,11H2,1H3,(H,23,24,25). The maximum atomic E-state index is 13.1. The van der Waals surface area contributed by atoms with Crippen molar-refractivity contribution in [2.75, 3.05) is 10.2 Å². The molecule has 5 nitrogen and oxygen atoms in total. The predicted octanol–water partition coefficient (Wildman–Crippen LogP) is 5.12. The molecule has 1 aromatic heterocycles. The summed E-state index contributed by atoms with van der Waals surface area (Å²) in [5.41, 5.74) is 2.99. The van der Waals surface area contributed by atoms with E-state index in [1.54, 1.807) is 35.4 Å². The number of carbonyl (C=O) groups is 1. The van der Waals surface area contributed by atoms with Gasteiger partial charge in [0.15, 0.2) is 0 Å². The highest BCUT2D eigenvalue weighted by molar-refractivity contribution is 6.43. The Morgan fingerprint density at radius 2 is 1.96 bits per heavy atom. The number of halogens is 2. The van der Waals surface area contributed by atoms with Crippen LogP contribution in [0, 0.1) is 0 Å². The van der Waals surface area contributed by atoms with Gasteiger partial charge in [0, 0.05) is 17.9 Å². The van der Waals surface area contributed by atoms with Gasteiger partial charge in [0.2, 0.25) is 5.95 Å². The lowest BCUT2D eigenvalue weighted by Gasteiger charge is -2.22. The van der Waals surface area contributed by atoms with Crippen LogP contribution in [0.3, 0.4) is 0 Å². The molecule has 0 fully saturated rings. The Labute approximate surface area is 167 Å². The molecule has 0 aliphatic carbocycles. The second-order valence-electron chi connectivity index (χ2n) is 6.35. The molecule has 0 radical (unpaired) electrons. The fourth-order valence-corrected chi connectivity index (χ4v) is 3.61. The molecule has 1 aliphatic rings. The van der Waals surface area contributed by atoms with Crippen LogP contribution in [0.15, 0.2) is 54.7 Å². The van der Waals surface area contributed by atoms with E-state index in [4.69, 9.17) is 23.2 Å². The maximum absolute atomic E-state index is 13.1. The first-order valence-electron chi connectivity index (χ1n) is 8.50. The Balaban J connectivity index is 1.63. The number of amides is 1. The number of rotatable bonds is 3. The molecule has 0 bridgehead atoms. The molecule has 1 aliphatic heterocycles. The lowest BCUT2D eigenvalue weighted by molar-refractivity contribution is 0.0976. The third kappa shape index (κ3) is 3.36. The van der Waals surface area contributed by atoms with E-state index < -0.39 is 0 Å². The summed E-state index contributed by atoms with van der Waals surface area (Å²) in [6, 6.07) is 14.9. The van der Waals surface area contributed by atoms with Crippen LogP contribution in [0.1, 0.15) is 23.0 Å². The Kier molecular flexibility index (Phi) is 4.72. The molecular weight excluding hydrogens is 383 g/mol. The van der Waals surface area contributed by atoms with Crippen molar-refractivity contribution in [3.8, 4) is 0 Å². The summed E-state index contributed by atoms with van der Waals surface area (Å²) in [5, 5.41) is 3.82. The molecule has 0 saturated carbocycles. The number of nitrogens with one attached hydrogen (secondary N) is 1. The molecule has 1 unspecified atom stereocenters. The fraction of sp³-hybridized carbons (Fsp3) is 0.150. The van der Waals surface area contributed by atoms with Crippen molar-refractivity contribution in [3.63, 3.8) is 0 Å². The Morgan fingerprint density at radius 1 is 1.15 bits per heavy atom. The average Bonchev–Trinajstić information content (AvgIpc) is 3.01. The summed E-state index contributed by atoms with van der Waals surface area (Å²) in [6.45, 7) is 2.03. The van der Waals surface area contributed by atoms with Crippen molar-refractivity contribution >= 4 is 46.4 Å². The van der Waals surface area contributed by atoms with Crippen LogP contribution in [0.25, 0.3) is 0 Å². The minimum Gasteiger partial charge on any atom is -0.323 e. The summed E-state index contributed by atoms with van der Waals surface area (Å²) in [5.74, 6) is 0.125. The number of para-hydroxylation sites is 1. The quantitative estimate of drug-likeness (QED) is 0.664. The van der Waals surface area contributed by atoms with Crippen LogP contribution < -0.4 is 10.2 Å². The normalized spacial score (nSPS) is 15.5. The third-order valence-electron chi connectivity index (χ3n) is 4.50. The molecule has 1 atom stereocenters. The molecule has 0 spiro atoms. The first kappa shape index (κ1) is 17.8. The van der Waals surface area contributed by atoms with Crippen molar-refractivity contribution < 1.29 is 4.79 Å². The predicted molar refractivity (Wildman–Crippen MR) is 108 cm³/mol. The first-order chi connectivity index (χ1) is 13.0. The highest BCUT2D eigenvalue weighted by Gasteiger charge is 2.32. The number of carbonyl (C=O) groups excluding carboxylic acids is 1. The van der Waals surface area contributed by atoms with Crippen LogP contribution in [0.5, 0.6) is 0 Å². The molecule has 2 aromatic carbocycles. The van der Waals surface area contributed by atoms with Crippen LogP contribution >= 0.6 is 23.2 Å². The highest BCUT2D eigenvalue weighted by Crippen LogP contribution is 2.33. The van der Waals surface area contributed by atoms with E-state index in [9.17, 15) is 4.79 Å². The van der Waals surface area contributed by atoms with Crippen LogP contribution in [0.2, 0.25) is 10.0 Å². The molecule has 3 aromatic rings. The highest BCUT2D eigenvalue weighted by atomic mass is 35.5. The van der Waals surface area contributed by atoms with Crippen molar-refractivity contribution in [2.24, 2.45) is 0 Å². The molecule has 136 valence electrons. The Bertz CT molecular complexity index is 1020. The zero-order valence-electron chi connectivity index (χ0n) is 14.5. The fourth-order valence-electron chi connectivity index (χ4n) is 3.26. The lowest BCUT2D eigenvalue weighted by atomic mass is 10.1. The van der Waals surface area contributed by atoms with Gasteiger partial charge in [-0.15, -0.1) is 0 Å². The summed E-state index contributed by atoms with van der Waals surface area (Å²) in [7, 11) is 0. The van der Waals surface area contributed by atoms with Crippen LogP contribution in [-0.4, -0.2) is 21.9 Å².